The van der Waals surface area contributed by atoms with Crippen LogP contribution in [0.4, 0.5) is 0 Å². The molecule has 1 saturated carbocycles. The zero-order chi connectivity index (χ0) is 17.8. The van der Waals surface area contributed by atoms with E-state index in [1.165, 1.54) is 64.6 Å². The van der Waals surface area contributed by atoms with Crippen LogP contribution in [-0.4, -0.2) is 36.3 Å². The third kappa shape index (κ3) is 4.52. The van der Waals surface area contributed by atoms with Crippen LogP contribution in [0.15, 0.2) is 22.7 Å². The van der Waals surface area contributed by atoms with Gasteiger partial charge in [0, 0.05) is 17.6 Å². The van der Waals surface area contributed by atoms with Crippen molar-refractivity contribution in [1.29, 1.82) is 0 Å². The number of hydrogen-bond donors (Lipinski definition) is 0. The van der Waals surface area contributed by atoms with Crippen molar-refractivity contribution >= 4 is 22.6 Å². The van der Waals surface area contributed by atoms with Gasteiger partial charge in [0.1, 0.15) is 0 Å². The lowest BCUT2D eigenvalue weighted by Gasteiger charge is -2.35. The van der Waals surface area contributed by atoms with E-state index >= 15 is 0 Å². The molecule has 2 aliphatic rings. The number of benzene rings is 1. The Kier molecular flexibility index (Phi) is 6.01. The Morgan fingerprint density at radius 3 is 2.69 bits per heavy atom. The molecule has 26 heavy (non-hydrogen) atoms. The first-order valence-electron chi connectivity index (χ1n) is 10.2. The van der Waals surface area contributed by atoms with Crippen LogP contribution in [0.3, 0.4) is 0 Å². The maximum atomic E-state index is 5.97. The topological polar surface area (TPSA) is 38.5 Å². The van der Waals surface area contributed by atoms with E-state index < -0.39 is 0 Å². The molecule has 2 heterocycles. The van der Waals surface area contributed by atoms with Crippen LogP contribution in [-0.2, 0) is 0 Å². The summed E-state index contributed by atoms with van der Waals surface area (Å²) < 4.78 is 11.2. The van der Waals surface area contributed by atoms with Crippen LogP contribution in [0, 0.1) is 11.8 Å². The van der Waals surface area contributed by atoms with Crippen molar-refractivity contribution in [2.45, 2.75) is 51.4 Å². The molecule has 0 atom stereocenters. The fourth-order valence-corrected chi connectivity index (χ4v) is 4.67. The highest BCUT2D eigenvalue weighted by Crippen LogP contribution is 2.29. The van der Waals surface area contributed by atoms with E-state index in [0.29, 0.717) is 23.1 Å². The molecule has 0 bridgehead atoms. The van der Waals surface area contributed by atoms with Crippen molar-refractivity contribution < 1.29 is 9.26 Å². The van der Waals surface area contributed by atoms with Gasteiger partial charge in [-0.2, -0.15) is 0 Å². The number of hydrogen-bond acceptors (Lipinski definition) is 4. The minimum absolute atomic E-state index is 0.589. The monoisotopic (exact) mass is 376 g/mol. The Hall–Kier alpha value is -1.26. The number of piperidine rings is 1. The second kappa shape index (κ2) is 8.62. The van der Waals surface area contributed by atoms with Gasteiger partial charge in [-0.05, 0) is 74.3 Å². The summed E-state index contributed by atoms with van der Waals surface area (Å²) in [5, 5.41) is 5.58. The molecule has 4 rings (SSSR count). The summed E-state index contributed by atoms with van der Waals surface area (Å²) in [5.41, 5.74) is 0.684. The number of likely N-dealkylation sites (tertiary alicyclic amines) is 1. The molecule has 1 aromatic heterocycles. The van der Waals surface area contributed by atoms with Crippen LogP contribution in [0.5, 0.6) is 5.88 Å². The Bertz CT molecular complexity index is 703. The molecule has 0 N–H and O–H groups in total. The van der Waals surface area contributed by atoms with Gasteiger partial charge >= 0.3 is 0 Å². The van der Waals surface area contributed by atoms with Crippen molar-refractivity contribution in [2.24, 2.45) is 11.8 Å². The molecule has 2 fully saturated rings. The van der Waals surface area contributed by atoms with Gasteiger partial charge in [-0.3, -0.25) is 0 Å². The van der Waals surface area contributed by atoms with Gasteiger partial charge in [0.15, 0.2) is 5.58 Å². The molecule has 0 unspecified atom stereocenters. The Morgan fingerprint density at radius 1 is 1.08 bits per heavy atom. The molecular weight excluding hydrogens is 348 g/mol. The van der Waals surface area contributed by atoms with Crippen LogP contribution in [0.1, 0.15) is 51.4 Å². The highest BCUT2D eigenvalue weighted by Gasteiger charge is 2.23. The van der Waals surface area contributed by atoms with Crippen molar-refractivity contribution in [3.63, 3.8) is 0 Å². The molecule has 1 aromatic carbocycles. The summed E-state index contributed by atoms with van der Waals surface area (Å²) in [6.45, 7) is 4.55. The lowest BCUT2D eigenvalue weighted by Crippen LogP contribution is -2.37. The lowest BCUT2D eigenvalue weighted by molar-refractivity contribution is 0.133. The highest BCUT2D eigenvalue weighted by molar-refractivity contribution is 6.31. The van der Waals surface area contributed by atoms with Crippen LogP contribution in [0.2, 0.25) is 5.02 Å². The van der Waals surface area contributed by atoms with Gasteiger partial charge < -0.3 is 14.2 Å². The van der Waals surface area contributed by atoms with E-state index in [1.807, 2.05) is 12.1 Å². The summed E-state index contributed by atoms with van der Waals surface area (Å²) in [7, 11) is 0. The Balaban J connectivity index is 1.19. The Morgan fingerprint density at radius 2 is 1.88 bits per heavy atom. The molecule has 2 aromatic rings. The smallest absolute Gasteiger partial charge is 0.262 e. The van der Waals surface area contributed by atoms with Gasteiger partial charge in [-0.15, -0.1) is 0 Å². The fraction of sp³-hybridized carbons (Fsp3) is 0.667. The Labute approximate surface area is 160 Å². The standard InChI is InChI=1S/C21H29ClN2O2/c22-18-6-7-19-20(14-18)26-23-21(19)25-13-10-16-8-11-24(12-9-16)15-17-4-2-1-3-5-17/h6-7,14,16-17H,1-5,8-13,15H2. The normalized spacial score (nSPS) is 20.7. The number of ether oxygens (including phenoxy) is 1. The number of rotatable bonds is 6. The van der Waals surface area contributed by atoms with Gasteiger partial charge in [-0.1, -0.05) is 30.9 Å². The van der Waals surface area contributed by atoms with E-state index in [0.717, 1.165) is 23.6 Å². The van der Waals surface area contributed by atoms with Crippen LogP contribution < -0.4 is 4.74 Å². The minimum Gasteiger partial charge on any atom is -0.475 e. The first kappa shape index (κ1) is 18.1. The third-order valence-corrected chi connectivity index (χ3v) is 6.35. The quantitative estimate of drug-likeness (QED) is 0.663. The zero-order valence-electron chi connectivity index (χ0n) is 15.5. The molecule has 0 amide bonds. The largest absolute Gasteiger partial charge is 0.475 e. The lowest BCUT2D eigenvalue weighted by atomic mass is 9.87. The van der Waals surface area contributed by atoms with Crippen LogP contribution in [0.25, 0.3) is 11.0 Å². The van der Waals surface area contributed by atoms with Gasteiger partial charge in [0.05, 0.1) is 12.0 Å². The number of fused-ring (bicyclic) bond motifs is 1. The third-order valence-electron chi connectivity index (χ3n) is 6.11. The summed E-state index contributed by atoms with van der Waals surface area (Å²) in [6.07, 6.45) is 10.9. The average molecular weight is 377 g/mol. The first-order valence-corrected chi connectivity index (χ1v) is 10.6. The maximum Gasteiger partial charge on any atom is 0.262 e. The average Bonchev–Trinajstić information content (AvgIpc) is 3.06. The molecule has 1 aliphatic carbocycles. The van der Waals surface area contributed by atoms with Gasteiger partial charge in [0.2, 0.25) is 0 Å². The molecule has 1 saturated heterocycles. The predicted octanol–water partition coefficient (Wildman–Crippen LogP) is 5.54. The van der Waals surface area contributed by atoms with Crippen molar-refractivity contribution in [1.82, 2.24) is 10.1 Å². The van der Waals surface area contributed by atoms with E-state index in [4.69, 9.17) is 20.9 Å². The molecule has 1 aliphatic heterocycles. The molecule has 5 heteroatoms. The fourth-order valence-electron chi connectivity index (χ4n) is 4.51. The first-order chi connectivity index (χ1) is 12.8. The van der Waals surface area contributed by atoms with Gasteiger partial charge in [0.25, 0.3) is 5.88 Å². The zero-order valence-corrected chi connectivity index (χ0v) is 16.2. The number of aromatic nitrogens is 1. The molecule has 0 radical (unpaired) electrons. The summed E-state index contributed by atoms with van der Waals surface area (Å²) in [5.74, 6) is 2.31. The second-order valence-electron chi connectivity index (χ2n) is 8.01. The molecule has 4 nitrogen and oxygen atoms in total. The summed E-state index contributed by atoms with van der Waals surface area (Å²) >= 11 is 5.97. The molecule has 0 spiro atoms. The van der Waals surface area contributed by atoms with Crippen molar-refractivity contribution in [2.75, 3.05) is 26.2 Å². The van der Waals surface area contributed by atoms with E-state index in [-0.39, 0.29) is 0 Å². The highest BCUT2D eigenvalue weighted by atomic mass is 35.5. The summed E-state index contributed by atoms with van der Waals surface area (Å²) in [4.78, 5) is 2.70. The van der Waals surface area contributed by atoms with E-state index in [1.54, 1.807) is 6.07 Å². The minimum atomic E-state index is 0.589. The SMILES string of the molecule is Clc1ccc2c(OCCC3CCN(CC4CCCCC4)CC3)noc2c1. The van der Waals surface area contributed by atoms with Gasteiger partial charge in [-0.25, -0.2) is 0 Å². The van der Waals surface area contributed by atoms with E-state index in [2.05, 4.69) is 10.1 Å². The summed E-state index contributed by atoms with van der Waals surface area (Å²) in [6, 6.07) is 5.53. The number of halogens is 1. The van der Waals surface area contributed by atoms with Crippen molar-refractivity contribution in [3.8, 4) is 5.88 Å². The van der Waals surface area contributed by atoms with E-state index in [9.17, 15) is 0 Å². The predicted molar refractivity (Wildman–Crippen MR) is 105 cm³/mol. The maximum absolute atomic E-state index is 5.97. The molecular formula is C21H29ClN2O2. The number of nitrogens with zero attached hydrogens (tertiary/aromatic N) is 2. The van der Waals surface area contributed by atoms with Crippen molar-refractivity contribution in [3.05, 3.63) is 23.2 Å². The van der Waals surface area contributed by atoms with Crippen LogP contribution >= 0.6 is 11.6 Å². The second-order valence-corrected chi connectivity index (χ2v) is 8.45. The molecule has 142 valence electrons.